The third kappa shape index (κ3) is 7.17. The van der Waals surface area contributed by atoms with E-state index in [9.17, 15) is 14.3 Å². The Morgan fingerprint density at radius 3 is 2.22 bits per heavy atom. The summed E-state index contributed by atoms with van der Waals surface area (Å²) in [4.78, 5) is 16.4. The second kappa shape index (κ2) is 16.0. The van der Waals surface area contributed by atoms with Gasteiger partial charge in [-0.3, -0.25) is 9.78 Å². The molecule has 1 N–H and O–H groups in total. The van der Waals surface area contributed by atoms with Gasteiger partial charge >= 0.3 is 0 Å². The summed E-state index contributed by atoms with van der Waals surface area (Å²) < 4.78 is 26.4. The Balaban J connectivity index is 0.000000261. The van der Waals surface area contributed by atoms with E-state index in [4.69, 9.17) is 8.83 Å². The van der Waals surface area contributed by atoms with Gasteiger partial charge in [0.05, 0.1) is 11.3 Å². The van der Waals surface area contributed by atoms with Crippen molar-refractivity contribution in [2.24, 2.45) is 11.8 Å². The number of pyridine rings is 1. The molecule has 0 aliphatic rings. The minimum atomic E-state index is -0.332. The summed E-state index contributed by atoms with van der Waals surface area (Å²) in [6, 6.07) is 28.2. The molecule has 259 valence electrons. The van der Waals surface area contributed by atoms with E-state index in [1.54, 1.807) is 12.3 Å². The number of para-hydroxylation sites is 1. The maximum Gasteiger partial charge on any atom is 0.162 e. The molecule has 3 aromatic heterocycles. The van der Waals surface area contributed by atoms with Crippen LogP contribution in [0.2, 0.25) is 0 Å². The second-order valence-corrected chi connectivity index (χ2v) is 12.5. The molecule has 0 aliphatic carbocycles. The van der Waals surface area contributed by atoms with Crippen LogP contribution < -0.4 is 0 Å². The molecule has 7 rings (SSSR count). The van der Waals surface area contributed by atoms with Crippen LogP contribution in [0.5, 0.6) is 0 Å². The molecular formula is C43H41FIrNO4-. The van der Waals surface area contributed by atoms with Gasteiger partial charge in [0.25, 0.3) is 0 Å². The number of carbonyl (C=O) groups is 1. The van der Waals surface area contributed by atoms with Crippen molar-refractivity contribution in [2.45, 2.75) is 60.3 Å². The average molecular weight is 847 g/mol. The molecule has 7 heteroatoms. The number of hydrogen-bond donors (Lipinski definition) is 1. The fourth-order valence-corrected chi connectivity index (χ4v) is 6.63. The zero-order valence-electron chi connectivity index (χ0n) is 29.0. The molecule has 0 amide bonds. The molecule has 7 aromatic rings. The number of halogens is 1. The zero-order chi connectivity index (χ0) is 34.7. The molecule has 0 unspecified atom stereocenters. The van der Waals surface area contributed by atoms with Crippen molar-refractivity contribution < 1.29 is 43.2 Å². The molecule has 5 nitrogen and oxygen atoms in total. The molecule has 0 spiro atoms. The maximum atomic E-state index is 14.0. The standard InChI is InChI=1S/C30H17FNO2.C13H24O2.Ir/c1-17-21-7-4-5-9-26(21)33-29(17)19-12-13-32-25(15-19)24-14-18-6-2-3-8-22(18)28-23-11-10-20(31)16-27(23)34-30(24)28;1-5-10(6-2)12(14)9-13(15)11(7-3)8-4;/h2-13,15-16H,1H3;9-11,14H,5-8H2,1-4H3;/q-1;;/b;12-9-;. The Bertz CT molecular complexity index is 2310. The molecule has 0 atom stereocenters. The quantitative estimate of drug-likeness (QED) is 0.0890. The van der Waals surface area contributed by atoms with Crippen LogP contribution in [0.25, 0.3) is 66.3 Å². The van der Waals surface area contributed by atoms with E-state index in [1.165, 1.54) is 18.2 Å². The first-order chi connectivity index (χ1) is 23.8. The monoisotopic (exact) mass is 847 g/mol. The van der Waals surface area contributed by atoms with E-state index in [-0.39, 0.29) is 49.3 Å². The number of carbonyl (C=O) groups excluding carboxylic acids is 1. The number of rotatable bonds is 9. The van der Waals surface area contributed by atoms with Crippen molar-refractivity contribution in [2.75, 3.05) is 0 Å². The fraction of sp³-hybridized carbons (Fsp3) is 0.256. The predicted molar refractivity (Wildman–Crippen MR) is 197 cm³/mol. The van der Waals surface area contributed by atoms with E-state index < -0.39 is 0 Å². The second-order valence-electron chi connectivity index (χ2n) is 12.5. The van der Waals surface area contributed by atoms with E-state index in [1.807, 2.05) is 82.3 Å². The third-order valence-electron chi connectivity index (χ3n) is 9.54. The van der Waals surface area contributed by atoms with Gasteiger partial charge in [-0.25, -0.2) is 4.39 Å². The number of aliphatic hydroxyl groups is 1. The Labute approximate surface area is 305 Å². The number of hydrogen-bond acceptors (Lipinski definition) is 5. The molecule has 0 saturated carbocycles. The van der Waals surface area contributed by atoms with Crippen LogP contribution in [-0.2, 0) is 24.9 Å². The van der Waals surface area contributed by atoms with Gasteiger partial charge < -0.3 is 13.9 Å². The van der Waals surface area contributed by atoms with Gasteiger partial charge in [-0.15, -0.1) is 17.5 Å². The number of benzene rings is 4. The van der Waals surface area contributed by atoms with Gasteiger partial charge in [-0.2, -0.15) is 0 Å². The Morgan fingerprint density at radius 2 is 1.52 bits per heavy atom. The summed E-state index contributed by atoms with van der Waals surface area (Å²) in [5.74, 6) is 1.03. The summed E-state index contributed by atoms with van der Waals surface area (Å²) in [7, 11) is 0. The molecule has 50 heavy (non-hydrogen) atoms. The van der Waals surface area contributed by atoms with Crippen LogP contribution in [0, 0.1) is 30.6 Å². The van der Waals surface area contributed by atoms with Crippen molar-refractivity contribution in [3.05, 3.63) is 114 Å². The van der Waals surface area contributed by atoms with E-state index in [0.29, 0.717) is 16.9 Å². The minimum Gasteiger partial charge on any atom is -0.512 e. The zero-order valence-corrected chi connectivity index (χ0v) is 31.4. The van der Waals surface area contributed by atoms with Gasteiger partial charge in [0, 0.05) is 77.9 Å². The summed E-state index contributed by atoms with van der Waals surface area (Å²) >= 11 is 0. The molecule has 0 fully saturated rings. The van der Waals surface area contributed by atoms with E-state index in [2.05, 4.69) is 24.0 Å². The number of furan rings is 2. The van der Waals surface area contributed by atoms with Crippen molar-refractivity contribution in [3.8, 4) is 22.6 Å². The van der Waals surface area contributed by atoms with Crippen molar-refractivity contribution in [3.63, 3.8) is 0 Å². The first-order valence-electron chi connectivity index (χ1n) is 17.1. The largest absolute Gasteiger partial charge is 0.512 e. The Hall–Kier alpha value is -4.58. The smallest absolute Gasteiger partial charge is 0.162 e. The van der Waals surface area contributed by atoms with Gasteiger partial charge in [-0.1, -0.05) is 81.1 Å². The topological polar surface area (TPSA) is 76.5 Å². The summed E-state index contributed by atoms with van der Waals surface area (Å²) in [6.07, 6.45) is 6.68. The molecule has 0 saturated heterocycles. The summed E-state index contributed by atoms with van der Waals surface area (Å²) in [6.45, 7) is 10.1. The number of allylic oxidation sites excluding steroid dienone is 2. The van der Waals surface area contributed by atoms with E-state index >= 15 is 0 Å². The number of fused-ring (bicyclic) bond motifs is 6. The Kier molecular flexibility index (Phi) is 11.7. The van der Waals surface area contributed by atoms with Crippen LogP contribution in [0.3, 0.4) is 0 Å². The fourth-order valence-electron chi connectivity index (χ4n) is 6.63. The van der Waals surface area contributed by atoms with Crippen LogP contribution in [0.1, 0.15) is 58.9 Å². The molecule has 3 heterocycles. The Morgan fingerprint density at radius 1 is 0.840 bits per heavy atom. The molecule has 4 aromatic carbocycles. The predicted octanol–water partition coefficient (Wildman–Crippen LogP) is 12.3. The summed E-state index contributed by atoms with van der Waals surface area (Å²) in [5.41, 5.74) is 5.46. The average Bonchev–Trinajstić information content (AvgIpc) is 3.67. The first-order valence-corrected chi connectivity index (χ1v) is 17.1. The number of nitrogens with zero attached hydrogens (tertiary/aromatic N) is 1. The molecule has 0 bridgehead atoms. The number of aromatic nitrogens is 1. The van der Waals surface area contributed by atoms with Gasteiger partial charge in [0.2, 0.25) is 0 Å². The van der Waals surface area contributed by atoms with Crippen molar-refractivity contribution in [1.29, 1.82) is 0 Å². The summed E-state index contributed by atoms with van der Waals surface area (Å²) in [5, 5.41) is 14.6. The molecule has 1 radical (unpaired) electrons. The maximum absolute atomic E-state index is 14.0. The number of aliphatic hydroxyl groups excluding tert-OH is 1. The SMILES string of the molecule is CCC(CC)C(=O)/C=C(\O)C(CC)CC.Cc1c(-c2ccnc(-c3[c-]c4ccccc4c4c3oc3cc(F)ccc34)c2)oc2ccccc12.[Ir]. The van der Waals surface area contributed by atoms with Crippen molar-refractivity contribution in [1.82, 2.24) is 4.98 Å². The van der Waals surface area contributed by atoms with Crippen LogP contribution in [-0.4, -0.2) is 15.9 Å². The number of aryl methyl sites for hydroxylation is 1. The van der Waals surface area contributed by atoms with Gasteiger partial charge in [0.15, 0.2) is 5.78 Å². The van der Waals surface area contributed by atoms with Crippen LogP contribution >= 0.6 is 0 Å². The number of ketones is 1. The van der Waals surface area contributed by atoms with Crippen LogP contribution in [0.4, 0.5) is 4.39 Å². The normalized spacial score (nSPS) is 11.8. The molecular weight excluding hydrogens is 806 g/mol. The third-order valence-corrected chi connectivity index (χ3v) is 9.54. The van der Waals surface area contributed by atoms with Gasteiger partial charge in [0.1, 0.15) is 22.7 Å². The first kappa shape index (κ1) is 36.7. The van der Waals surface area contributed by atoms with Crippen molar-refractivity contribution >= 4 is 49.5 Å². The van der Waals surface area contributed by atoms with Crippen LogP contribution in [0.15, 0.2) is 106 Å². The van der Waals surface area contributed by atoms with E-state index in [0.717, 1.165) is 80.6 Å². The molecule has 0 aliphatic heterocycles. The minimum absolute atomic E-state index is 0. The van der Waals surface area contributed by atoms with Gasteiger partial charge in [-0.05, 0) is 62.3 Å².